The molecule has 0 amide bonds. The molecule has 0 aliphatic rings. The lowest BCUT2D eigenvalue weighted by atomic mass is 10.2. The molecule has 106 valence electrons. The third-order valence-electron chi connectivity index (χ3n) is 1.91. The van der Waals surface area contributed by atoms with Crippen molar-refractivity contribution in [2.45, 2.75) is 18.0 Å². The van der Waals surface area contributed by atoms with Crippen LogP contribution in [0.3, 0.4) is 0 Å². The molecule has 0 fully saturated rings. The first-order chi connectivity index (χ1) is 8.57. The van der Waals surface area contributed by atoms with E-state index in [1.165, 1.54) is 6.92 Å². The van der Waals surface area contributed by atoms with Crippen LogP contribution < -0.4 is 0 Å². The van der Waals surface area contributed by atoms with E-state index in [4.69, 9.17) is 10.7 Å². The number of rotatable bonds is 3. The molecule has 5 nitrogen and oxygen atoms in total. The zero-order valence-electron chi connectivity index (χ0n) is 9.36. The highest BCUT2D eigenvalue weighted by Crippen LogP contribution is 2.32. The lowest BCUT2D eigenvalue weighted by Crippen LogP contribution is -2.18. The van der Waals surface area contributed by atoms with Crippen molar-refractivity contribution < 1.29 is 31.1 Å². The van der Waals surface area contributed by atoms with E-state index >= 15 is 0 Å². The SMILES string of the molecule is CCOC(=O)c1cc(S(=O)(=O)Cl)cnc1C(F)(F)F. The van der Waals surface area contributed by atoms with E-state index in [1.54, 1.807) is 0 Å². The van der Waals surface area contributed by atoms with Crippen LogP contribution in [0.5, 0.6) is 0 Å². The van der Waals surface area contributed by atoms with Crippen molar-refractivity contribution in [2.24, 2.45) is 0 Å². The summed E-state index contributed by atoms with van der Waals surface area (Å²) < 4.78 is 64.3. The van der Waals surface area contributed by atoms with Crippen LogP contribution in [0.1, 0.15) is 23.0 Å². The molecule has 0 spiro atoms. The predicted octanol–water partition coefficient (Wildman–Crippen LogP) is 2.20. The Morgan fingerprint density at radius 3 is 2.47 bits per heavy atom. The average molecular weight is 318 g/mol. The fourth-order valence-corrected chi connectivity index (χ4v) is 1.86. The van der Waals surface area contributed by atoms with Gasteiger partial charge in [-0.2, -0.15) is 13.2 Å². The van der Waals surface area contributed by atoms with Crippen molar-refractivity contribution >= 4 is 25.7 Å². The molecule has 0 saturated carbocycles. The number of ether oxygens (including phenoxy) is 1. The maximum Gasteiger partial charge on any atom is 0.434 e. The molecule has 1 aromatic heterocycles. The number of esters is 1. The second-order valence-electron chi connectivity index (χ2n) is 3.22. The van der Waals surface area contributed by atoms with E-state index in [9.17, 15) is 26.4 Å². The molecule has 0 unspecified atom stereocenters. The van der Waals surface area contributed by atoms with Crippen LogP contribution in [0.15, 0.2) is 17.2 Å². The zero-order chi connectivity index (χ0) is 14.8. The average Bonchev–Trinajstić information content (AvgIpc) is 2.26. The highest BCUT2D eigenvalue weighted by atomic mass is 35.7. The van der Waals surface area contributed by atoms with Gasteiger partial charge in [0.15, 0.2) is 5.69 Å². The molecule has 0 aliphatic heterocycles. The Kier molecular flexibility index (Phi) is 4.41. The number of aromatic nitrogens is 1. The van der Waals surface area contributed by atoms with Crippen molar-refractivity contribution in [3.63, 3.8) is 0 Å². The van der Waals surface area contributed by atoms with Crippen molar-refractivity contribution in [3.8, 4) is 0 Å². The summed E-state index contributed by atoms with van der Waals surface area (Å²) in [6.45, 7) is 1.22. The Morgan fingerprint density at radius 1 is 1.47 bits per heavy atom. The molecule has 1 rings (SSSR count). The van der Waals surface area contributed by atoms with Crippen LogP contribution >= 0.6 is 10.7 Å². The quantitative estimate of drug-likeness (QED) is 0.631. The molecule has 0 atom stereocenters. The van der Waals surface area contributed by atoms with Crippen molar-refractivity contribution in [1.82, 2.24) is 4.98 Å². The molecule has 0 saturated heterocycles. The van der Waals surface area contributed by atoms with E-state index in [0.717, 1.165) is 0 Å². The number of halogens is 4. The predicted molar refractivity (Wildman–Crippen MR) is 58.2 cm³/mol. The van der Waals surface area contributed by atoms with E-state index in [1.807, 2.05) is 0 Å². The summed E-state index contributed by atoms with van der Waals surface area (Å²) in [6, 6.07) is 0.482. The Labute approximate surface area is 110 Å². The van der Waals surface area contributed by atoms with Gasteiger partial charge in [0.05, 0.1) is 12.2 Å². The summed E-state index contributed by atoms with van der Waals surface area (Å²) in [6.07, 6.45) is -4.50. The lowest BCUT2D eigenvalue weighted by Gasteiger charge is -2.11. The molecule has 0 radical (unpaired) electrons. The minimum absolute atomic E-state index is 0.173. The van der Waals surface area contributed by atoms with E-state index in [0.29, 0.717) is 12.3 Å². The van der Waals surface area contributed by atoms with Crippen molar-refractivity contribution in [2.75, 3.05) is 6.61 Å². The highest BCUT2D eigenvalue weighted by molar-refractivity contribution is 8.13. The van der Waals surface area contributed by atoms with E-state index in [2.05, 4.69) is 9.72 Å². The minimum Gasteiger partial charge on any atom is -0.462 e. The topological polar surface area (TPSA) is 73.3 Å². The lowest BCUT2D eigenvalue weighted by molar-refractivity contribution is -0.141. The first-order valence-corrected chi connectivity index (χ1v) is 7.07. The number of hydrogen-bond acceptors (Lipinski definition) is 5. The molecule has 0 aliphatic carbocycles. The minimum atomic E-state index is -4.92. The summed E-state index contributed by atoms with van der Waals surface area (Å²) in [5.74, 6) is -1.33. The van der Waals surface area contributed by atoms with E-state index in [-0.39, 0.29) is 6.61 Å². The third kappa shape index (κ3) is 3.80. The highest BCUT2D eigenvalue weighted by Gasteiger charge is 2.38. The zero-order valence-corrected chi connectivity index (χ0v) is 10.9. The van der Waals surface area contributed by atoms with Gasteiger partial charge in [-0.1, -0.05) is 0 Å². The maximum absolute atomic E-state index is 12.6. The van der Waals surface area contributed by atoms with Crippen LogP contribution in [0, 0.1) is 0 Å². The molecule has 0 bridgehead atoms. The summed E-state index contributed by atoms with van der Waals surface area (Å²) in [4.78, 5) is 13.6. The summed E-state index contributed by atoms with van der Waals surface area (Å²) in [7, 11) is 0.676. The molecule has 1 aromatic rings. The number of carbonyl (C=O) groups excluding carboxylic acids is 1. The second kappa shape index (κ2) is 5.33. The Hall–Kier alpha value is -1.35. The van der Waals surface area contributed by atoms with Gasteiger partial charge in [-0.25, -0.2) is 18.2 Å². The van der Waals surface area contributed by atoms with Gasteiger partial charge in [-0.15, -0.1) is 0 Å². The summed E-state index contributed by atoms with van der Waals surface area (Å²) in [5.41, 5.74) is -2.54. The third-order valence-corrected chi connectivity index (χ3v) is 3.23. The monoisotopic (exact) mass is 317 g/mol. The van der Waals surface area contributed by atoms with Crippen LogP contribution in [0.25, 0.3) is 0 Å². The fraction of sp³-hybridized carbons (Fsp3) is 0.333. The number of hydrogen-bond donors (Lipinski definition) is 0. The molecular weight excluding hydrogens is 311 g/mol. The maximum atomic E-state index is 12.6. The first kappa shape index (κ1) is 15.7. The van der Waals surface area contributed by atoms with E-state index < -0.39 is 37.3 Å². The Morgan fingerprint density at radius 2 is 2.05 bits per heavy atom. The van der Waals surface area contributed by atoms with Crippen molar-refractivity contribution in [1.29, 1.82) is 0 Å². The molecular formula is C9H7ClF3NO4S. The largest absolute Gasteiger partial charge is 0.462 e. The second-order valence-corrected chi connectivity index (χ2v) is 5.79. The van der Waals surface area contributed by atoms with Crippen LogP contribution in [-0.2, 0) is 20.0 Å². The van der Waals surface area contributed by atoms with Crippen LogP contribution in [0.2, 0.25) is 0 Å². The number of pyridine rings is 1. The van der Waals surface area contributed by atoms with Gasteiger partial charge in [0.25, 0.3) is 9.05 Å². The Bertz CT molecular complexity index is 600. The fourth-order valence-electron chi connectivity index (χ4n) is 1.17. The molecule has 0 N–H and O–H groups in total. The van der Waals surface area contributed by atoms with Gasteiger partial charge < -0.3 is 4.74 Å². The summed E-state index contributed by atoms with van der Waals surface area (Å²) >= 11 is 0. The van der Waals surface area contributed by atoms with Gasteiger partial charge in [0.1, 0.15) is 4.90 Å². The van der Waals surface area contributed by atoms with Gasteiger partial charge in [0.2, 0.25) is 0 Å². The molecule has 10 heteroatoms. The van der Waals surface area contributed by atoms with Crippen LogP contribution in [0.4, 0.5) is 13.2 Å². The molecule has 0 aromatic carbocycles. The molecule has 19 heavy (non-hydrogen) atoms. The molecule has 1 heterocycles. The number of alkyl halides is 3. The Balaban J connectivity index is 3.48. The first-order valence-electron chi connectivity index (χ1n) is 4.76. The van der Waals surface area contributed by atoms with Crippen LogP contribution in [-0.4, -0.2) is 26.0 Å². The standard InChI is InChI=1S/C9H7ClF3NO4S/c1-2-18-8(15)6-3-5(19(10,16)17)4-14-7(6)9(11,12)13/h3-4H,2H2,1H3. The smallest absolute Gasteiger partial charge is 0.434 e. The van der Waals surface area contributed by atoms with Gasteiger partial charge in [-0.3, -0.25) is 0 Å². The van der Waals surface area contributed by atoms with Crippen molar-refractivity contribution in [3.05, 3.63) is 23.5 Å². The summed E-state index contributed by atoms with van der Waals surface area (Å²) in [5, 5.41) is 0. The van der Waals surface area contributed by atoms with Gasteiger partial charge in [0, 0.05) is 16.9 Å². The number of carbonyl (C=O) groups is 1. The van der Waals surface area contributed by atoms with Gasteiger partial charge >= 0.3 is 12.1 Å². The normalized spacial score (nSPS) is 12.3. The number of nitrogens with zero attached hydrogens (tertiary/aromatic N) is 1. The van der Waals surface area contributed by atoms with Gasteiger partial charge in [-0.05, 0) is 13.0 Å².